The summed E-state index contributed by atoms with van der Waals surface area (Å²) in [7, 11) is 0. The van der Waals surface area contributed by atoms with Crippen LogP contribution in [0, 0.1) is 5.82 Å². The van der Waals surface area contributed by atoms with Crippen LogP contribution in [-0.2, 0) is 11.3 Å². The molecule has 3 heterocycles. The van der Waals surface area contributed by atoms with E-state index in [1.807, 2.05) is 10.8 Å². The van der Waals surface area contributed by atoms with Gasteiger partial charge in [-0.05, 0) is 30.7 Å². The van der Waals surface area contributed by atoms with E-state index in [1.54, 1.807) is 48.9 Å². The molecule has 0 unspecified atom stereocenters. The third-order valence-electron chi connectivity index (χ3n) is 5.42. The van der Waals surface area contributed by atoms with Crippen LogP contribution in [-0.4, -0.2) is 50.2 Å². The van der Waals surface area contributed by atoms with Gasteiger partial charge in [-0.3, -0.25) is 24.2 Å². The van der Waals surface area contributed by atoms with E-state index in [0.29, 0.717) is 22.8 Å². The van der Waals surface area contributed by atoms with Gasteiger partial charge < -0.3 is 4.57 Å². The Kier molecular flexibility index (Phi) is 5.43. The number of para-hydroxylation sites is 1. The van der Waals surface area contributed by atoms with Gasteiger partial charge >= 0.3 is 0 Å². The highest BCUT2D eigenvalue weighted by Gasteiger charge is 2.37. The summed E-state index contributed by atoms with van der Waals surface area (Å²) in [6, 6.07) is 11.1. The second-order valence-corrected chi connectivity index (χ2v) is 8.53. The van der Waals surface area contributed by atoms with Crippen LogP contribution >= 0.6 is 11.3 Å². The summed E-state index contributed by atoms with van der Waals surface area (Å²) in [4.78, 5) is 49.5. The quantitative estimate of drug-likeness (QED) is 0.392. The number of thiazole rings is 1. The number of hydrogen-bond donors (Lipinski definition) is 0. The van der Waals surface area contributed by atoms with Crippen LogP contribution in [0.15, 0.2) is 61.2 Å². The topological polar surface area (TPSA) is 88.4 Å². The highest BCUT2D eigenvalue weighted by molar-refractivity contribution is 7.22. The van der Waals surface area contributed by atoms with Crippen molar-refractivity contribution in [3.8, 4) is 0 Å². The molecule has 8 nitrogen and oxygen atoms in total. The minimum Gasteiger partial charge on any atom is -0.337 e. The minimum absolute atomic E-state index is 0.186. The van der Waals surface area contributed by atoms with E-state index in [0.717, 1.165) is 4.90 Å². The lowest BCUT2D eigenvalue weighted by molar-refractivity contribution is -0.119. The number of carbonyl (C=O) groups is 3. The number of amides is 3. The van der Waals surface area contributed by atoms with Crippen molar-refractivity contribution in [1.29, 1.82) is 0 Å². The zero-order chi connectivity index (χ0) is 22.9. The lowest BCUT2D eigenvalue weighted by atomic mass is 10.1. The van der Waals surface area contributed by atoms with E-state index in [-0.39, 0.29) is 23.2 Å². The highest BCUT2D eigenvalue weighted by Crippen LogP contribution is 2.31. The van der Waals surface area contributed by atoms with Crippen molar-refractivity contribution >= 4 is 44.4 Å². The highest BCUT2D eigenvalue weighted by atomic mass is 32.1. The molecule has 1 aliphatic heterocycles. The van der Waals surface area contributed by atoms with Gasteiger partial charge in [0.25, 0.3) is 11.8 Å². The summed E-state index contributed by atoms with van der Waals surface area (Å²) in [5, 5.41) is 0.322. The maximum Gasteiger partial charge on any atom is 0.262 e. The average Bonchev–Trinajstić information content (AvgIpc) is 3.54. The number of carbonyl (C=O) groups excluding carboxylic acids is 3. The number of fused-ring (bicyclic) bond motifs is 2. The van der Waals surface area contributed by atoms with Gasteiger partial charge in [0, 0.05) is 25.5 Å². The molecule has 0 radical (unpaired) electrons. The molecule has 33 heavy (non-hydrogen) atoms. The summed E-state index contributed by atoms with van der Waals surface area (Å²) in [6.45, 7) is 0.466. The zero-order valence-electron chi connectivity index (χ0n) is 17.3. The SMILES string of the molecule is O=C1c2ccccc2C(=O)N1CC(=O)N(CCCn1ccnc1)c1nc2c(F)cccc2s1. The fourth-order valence-corrected chi connectivity index (χ4v) is 4.80. The third-order valence-corrected chi connectivity index (χ3v) is 6.46. The van der Waals surface area contributed by atoms with Gasteiger partial charge in [-0.1, -0.05) is 29.5 Å². The van der Waals surface area contributed by atoms with Crippen LogP contribution in [0.3, 0.4) is 0 Å². The molecule has 3 amide bonds. The Bertz CT molecular complexity index is 1330. The molecular weight excluding hydrogens is 445 g/mol. The van der Waals surface area contributed by atoms with E-state index in [1.165, 1.54) is 22.3 Å². The molecule has 1 aliphatic rings. The molecule has 0 bridgehead atoms. The van der Waals surface area contributed by atoms with E-state index >= 15 is 0 Å². The summed E-state index contributed by atoms with van der Waals surface area (Å²) < 4.78 is 16.7. The van der Waals surface area contributed by atoms with Crippen LogP contribution in [0.25, 0.3) is 10.2 Å². The molecule has 166 valence electrons. The molecule has 0 atom stereocenters. The van der Waals surface area contributed by atoms with Crippen molar-refractivity contribution in [3.63, 3.8) is 0 Å². The number of rotatable bonds is 7. The van der Waals surface area contributed by atoms with E-state index in [4.69, 9.17) is 0 Å². The summed E-state index contributed by atoms with van der Waals surface area (Å²) >= 11 is 1.19. The van der Waals surface area contributed by atoms with Crippen LogP contribution < -0.4 is 4.90 Å². The first kappa shape index (κ1) is 21.0. The first-order chi connectivity index (χ1) is 16.0. The van der Waals surface area contributed by atoms with Crippen molar-refractivity contribution in [2.45, 2.75) is 13.0 Å². The molecule has 4 aromatic rings. The number of halogens is 1. The Hall–Kier alpha value is -3.92. The summed E-state index contributed by atoms with van der Waals surface area (Å²) in [5.41, 5.74) is 0.749. The molecule has 5 rings (SSSR count). The molecule has 0 saturated carbocycles. The van der Waals surface area contributed by atoms with Gasteiger partial charge in [0.2, 0.25) is 5.91 Å². The van der Waals surface area contributed by atoms with Gasteiger partial charge in [0.05, 0.1) is 22.2 Å². The number of hydrogen-bond acceptors (Lipinski definition) is 6. The van der Waals surface area contributed by atoms with Crippen LogP contribution in [0.2, 0.25) is 0 Å². The Morgan fingerprint density at radius 2 is 1.82 bits per heavy atom. The van der Waals surface area contributed by atoms with E-state index in [2.05, 4.69) is 9.97 Å². The van der Waals surface area contributed by atoms with Crippen molar-refractivity contribution < 1.29 is 18.8 Å². The number of imidazole rings is 1. The Morgan fingerprint density at radius 3 is 2.48 bits per heavy atom. The van der Waals surface area contributed by atoms with Crippen LogP contribution in [0.4, 0.5) is 9.52 Å². The first-order valence-corrected chi connectivity index (χ1v) is 11.1. The Labute approximate surface area is 191 Å². The van der Waals surface area contributed by atoms with Crippen molar-refractivity contribution in [2.24, 2.45) is 0 Å². The molecule has 0 fully saturated rings. The fraction of sp³-hybridized carbons (Fsp3) is 0.174. The number of aryl methyl sites for hydroxylation is 1. The van der Waals surface area contributed by atoms with E-state index < -0.39 is 30.1 Å². The molecule has 0 spiro atoms. The predicted molar refractivity (Wildman–Crippen MR) is 121 cm³/mol. The molecule has 2 aromatic carbocycles. The Morgan fingerprint density at radius 1 is 1.06 bits per heavy atom. The second-order valence-electron chi connectivity index (χ2n) is 7.52. The van der Waals surface area contributed by atoms with Crippen molar-refractivity contribution in [2.75, 3.05) is 18.0 Å². The number of anilines is 1. The van der Waals surface area contributed by atoms with Gasteiger partial charge in [0.1, 0.15) is 17.9 Å². The standard InChI is InChI=1S/C23H18FN5O3S/c24-17-7-3-8-18-20(17)26-23(33-18)28(11-4-10-27-12-9-25-14-27)19(30)13-29-21(31)15-5-1-2-6-16(15)22(29)32/h1-3,5-9,12,14H,4,10-11,13H2. The average molecular weight is 463 g/mol. The lowest BCUT2D eigenvalue weighted by Gasteiger charge is -2.22. The number of nitrogens with zero attached hydrogens (tertiary/aromatic N) is 5. The van der Waals surface area contributed by atoms with Crippen molar-refractivity contribution in [1.82, 2.24) is 19.4 Å². The van der Waals surface area contributed by atoms with Crippen molar-refractivity contribution in [3.05, 3.63) is 78.1 Å². The molecule has 0 N–H and O–H groups in total. The molecular formula is C23H18FN5O3S. The second kappa shape index (κ2) is 8.55. The first-order valence-electron chi connectivity index (χ1n) is 10.3. The predicted octanol–water partition coefficient (Wildman–Crippen LogP) is 3.35. The molecule has 2 aromatic heterocycles. The van der Waals surface area contributed by atoms with Gasteiger partial charge in [-0.25, -0.2) is 14.4 Å². The lowest BCUT2D eigenvalue weighted by Crippen LogP contribution is -2.43. The fourth-order valence-electron chi connectivity index (χ4n) is 3.78. The monoisotopic (exact) mass is 463 g/mol. The van der Waals surface area contributed by atoms with Gasteiger partial charge in [0.15, 0.2) is 5.13 Å². The Balaban J connectivity index is 1.40. The van der Waals surface area contributed by atoms with E-state index in [9.17, 15) is 18.8 Å². The maximum absolute atomic E-state index is 14.2. The molecule has 0 saturated heterocycles. The number of benzene rings is 2. The third kappa shape index (κ3) is 3.89. The largest absolute Gasteiger partial charge is 0.337 e. The summed E-state index contributed by atoms with van der Waals surface area (Å²) in [5.74, 6) is -1.94. The maximum atomic E-state index is 14.2. The molecule has 0 aliphatic carbocycles. The van der Waals surface area contributed by atoms with Gasteiger partial charge in [-0.15, -0.1) is 0 Å². The number of aromatic nitrogens is 3. The smallest absolute Gasteiger partial charge is 0.262 e. The minimum atomic E-state index is -0.502. The normalized spacial score (nSPS) is 13.1. The summed E-state index contributed by atoms with van der Waals surface area (Å²) in [6.07, 6.45) is 5.74. The number of imide groups is 1. The zero-order valence-corrected chi connectivity index (χ0v) is 18.2. The van der Waals surface area contributed by atoms with Crippen LogP contribution in [0.1, 0.15) is 27.1 Å². The van der Waals surface area contributed by atoms with Gasteiger partial charge in [-0.2, -0.15) is 0 Å². The van der Waals surface area contributed by atoms with Crippen LogP contribution in [0.5, 0.6) is 0 Å². The molecule has 10 heteroatoms.